The number of ether oxygens (including phenoxy) is 1. The van der Waals surface area contributed by atoms with Gasteiger partial charge in [-0.1, -0.05) is 23.8 Å². The molecule has 1 heterocycles. The Morgan fingerprint density at radius 3 is 2.81 bits per heavy atom. The number of hydrogen-bond acceptors (Lipinski definition) is 2. The molecule has 116 valence electrons. The second-order valence-electron chi connectivity index (χ2n) is 6.08. The molecule has 0 saturated carbocycles. The summed E-state index contributed by atoms with van der Waals surface area (Å²) in [6.45, 7) is 9.40. The number of hydrogen-bond donors (Lipinski definition) is 2. The molecule has 1 aliphatic rings. The van der Waals surface area contributed by atoms with Crippen LogP contribution in [-0.4, -0.2) is 37.5 Å². The number of aryl methyl sites for hydroxylation is 1. The predicted octanol–water partition coefficient (Wildman–Crippen LogP) is 1.53. The first-order valence-electron chi connectivity index (χ1n) is 8.04. The van der Waals surface area contributed by atoms with E-state index in [9.17, 15) is 5.11 Å². The van der Waals surface area contributed by atoms with Gasteiger partial charge in [-0.05, 0) is 44.2 Å². The average molecular weight is 290 g/mol. The number of piperidine rings is 1. The van der Waals surface area contributed by atoms with Crippen molar-refractivity contribution in [3.8, 4) is 5.75 Å². The van der Waals surface area contributed by atoms with Crippen LogP contribution in [0.3, 0.4) is 0 Å². The Bertz CT molecular complexity index is 453. The van der Waals surface area contributed by atoms with E-state index in [4.69, 9.17) is 4.74 Å². The summed E-state index contributed by atoms with van der Waals surface area (Å²) >= 11 is 0. The van der Waals surface area contributed by atoms with Gasteiger partial charge in [0.25, 0.3) is 0 Å². The summed E-state index contributed by atoms with van der Waals surface area (Å²) in [5.74, 6) is 0.869. The molecule has 1 aromatic rings. The number of benzene rings is 1. The average Bonchev–Trinajstić information content (AvgIpc) is 2.48. The van der Waals surface area contributed by atoms with E-state index in [-0.39, 0.29) is 0 Å². The number of likely N-dealkylation sites (tertiary alicyclic amines) is 1. The first-order valence-corrected chi connectivity index (χ1v) is 8.04. The number of allylic oxidation sites excluding steroid dienone is 1. The second kappa shape index (κ2) is 8.20. The number of nitrogens with one attached hydrogen (secondary N) is 1. The summed E-state index contributed by atoms with van der Waals surface area (Å²) in [5, 5.41) is 10.2. The molecule has 3 nitrogen and oxygen atoms in total. The molecule has 1 unspecified atom stereocenters. The predicted molar refractivity (Wildman–Crippen MR) is 86.0 cm³/mol. The molecule has 21 heavy (non-hydrogen) atoms. The number of rotatable bonds is 7. The van der Waals surface area contributed by atoms with E-state index in [0.717, 1.165) is 24.3 Å². The third-order valence-corrected chi connectivity index (χ3v) is 4.10. The molecule has 0 spiro atoms. The molecule has 1 fully saturated rings. The summed E-state index contributed by atoms with van der Waals surface area (Å²) in [6, 6.07) is 6.16. The first kappa shape index (κ1) is 16.1. The van der Waals surface area contributed by atoms with E-state index in [1.807, 2.05) is 18.2 Å². The zero-order chi connectivity index (χ0) is 15.1. The van der Waals surface area contributed by atoms with Crippen molar-refractivity contribution in [3.05, 3.63) is 42.0 Å². The van der Waals surface area contributed by atoms with Gasteiger partial charge in [-0.3, -0.25) is 0 Å². The van der Waals surface area contributed by atoms with Crippen molar-refractivity contribution in [3.63, 3.8) is 0 Å². The summed E-state index contributed by atoms with van der Waals surface area (Å²) in [7, 11) is 0. The Kier molecular flexibility index (Phi) is 6.27. The normalized spacial score (nSPS) is 17.4. The van der Waals surface area contributed by atoms with Crippen LogP contribution < -0.4 is 9.64 Å². The van der Waals surface area contributed by atoms with Gasteiger partial charge in [0.2, 0.25) is 0 Å². The first-order chi connectivity index (χ1) is 10.2. The van der Waals surface area contributed by atoms with Gasteiger partial charge in [0.15, 0.2) is 0 Å². The van der Waals surface area contributed by atoms with Gasteiger partial charge >= 0.3 is 0 Å². The Labute approximate surface area is 128 Å². The maximum atomic E-state index is 10.2. The topological polar surface area (TPSA) is 33.9 Å². The zero-order valence-electron chi connectivity index (χ0n) is 13.1. The Hall–Kier alpha value is -1.32. The van der Waals surface area contributed by atoms with Crippen molar-refractivity contribution >= 4 is 0 Å². The highest BCUT2D eigenvalue weighted by Crippen LogP contribution is 2.21. The third kappa shape index (κ3) is 5.18. The van der Waals surface area contributed by atoms with Gasteiger partial charge in [0.05, 0.1) is 13.1 Å². The van der Waals surface area contributed by atoms with Crippen LogP contribution in [0.1, 0.15) is 30.4 Å². The van der Waals surface area contributed by atoms with Crippen LogP contribution in [0.2, 0.25) is 0 Å². The molecule has 0 amide bonds. The Balaban J connectivity index is 1.85. The SMILES string of the molecule is C=CCc1cc(C)ccc1OCC(O)C[NH+]1CCCCC1. The minimum absolute atomic E-state index is 0.372. The lowest BCUT2D eigenvalue weighted by Gasteiger charge is -2.25. The van der Waals surface area contributed by atoms with Gasteiger partial charge < -0.3 is 14.7 Å². The van der Waals surface area contributed by atoms with Crippen molar-refractivity contribution in [2.24, 2.45) is 0 Å². The maximum absolute atomic E-state index is 10.2. The van der Waals surface area contributed by atoms with E-state index in [0.29, 0.717) is 6.61 Å². The molecule has 0 bridgehead atoms. The summed E-state index contributed by atoms with van der Waals surface area (Å²) in [6.07, 6.45) is 6.19. The molecular formula is C18H28NO2+. The molecule has 1 atom stereocenters. The van der Waals surface area contributed by atoms with Gasteiger partial charge in [0, 0.05) is 0 Å². The van der Waals surface area contributed by atoms with E-state index < -0.39 is 6.10 Å². The fourth-order valence-electron chi connectivity index (χ4n) is 3.00. The number of aliphatic hydroxyl groups excluding tert-OH is 1. The number of quaternary nitrogens is 1. The molecule has 0 aliphatic carbocycles. The summed E-state index contributed by atoms with van der Waals surface area (Å²) < 4.78 is 5.84. The molecule has 0 radical (unpaired) electrons. The largest absolute Gasteiger partial charge is 0.490 e. The fraction of sp³-hybridized carbons (Fsp3) is 0.556. The smallest absolute Gasteiger partial charge is 0.137 e. The molecule has 3 heteroatoms. The standard InChI is InChI=1S/C18H27NO2/c1-3-7-16-12-15(2)8-9-18(16)21-14-17(20)13-19-10-5-4-6-11-19/h3,8-9,12,17,20H,1,4-7,10-11,13-14H2,2H3/p+1. The van der Waals surface area contributed by atoms with E-state index in [2.05, 4.69) is 19.6 Å². The van der Waals surface area contributed by atoms with Crippen molar-refractivity contribution in [2.75, 3.05) is 26.2 Å². The van der Waals surface area contributed by atoms with Crippen LogP contribution in [0.15, 0.2) is 30.9 Å². The van der Waals surface area contributed by atoms with Crippen molar-refractivity contribution in [1.82, 2.24) is 0 Å². The van der Waals surface area contributed by atoms with E-state index in [1.54, 1.807) is 0 Å². The van der Waals surface area contributed by atoms with Crippen molar-refractivity contribution in [2.45, 2.75) is 38.7 Å². The van der Waals surface area contributed by atoms with Crippen molar-refractivity contribution in [1.29, 1.82) is 0 Å². The highest BCUT2D eigenvalue weighted by molar-refractivity contribution is 5.38. The monoisotopic (exact) mass is 290 g/mol. The highest BCUT2D eigenvalue weighted by Gasteiger charge is 2.18. The Morgan fingerprint density at radius 2 is 2.10 bits per heavy atom. The Morgan fingerprint density at radius 1 is 1.33 bits per heavy atom. The fourth-order valence-corrected chi connectivity index (χ4v) is 3.00. The molecule has 2 rings (SSSR count). The lowest BCUT2D eigenvalue weighted by atomic mass is 10.1. The number of aliphatic hydroxyl groups is 1. The van der Waals surface area contributed by atoms with Crippen LogP contribution in [-0.2, 0) is 6.42 Å². The van der Waals surface area contributed by atoms with Gasteiger partial charge in [0.1, 0.15) is 25.0 Å². The van der Waals surface area contributed by atoms with Crippen LogP contribution in [0.5, 0.6) is 5.75 Å². The van der Waals surface area contributed by atoms with Crippen LogP contribution >= 0.6 is 0 Å². The second-order valence-corrected chi connectivity index (χ2v) is 6.08. The van der Waals surface area contributed by atoms with E-state index in [1.165, 1.54) is 42.8 Å². The maximum Gasteiger partial charge on any atom is 0.137 e. The summed E-state index contributed by atoms with van der Waals surface area (Å²) in [5.41, 5.74) is 2.36. The molecule has 1 aliphatic heterocycles. The molecule has 0 aromatic heterocycles. The minimum Gasteiger partial charge on any atom is -0.490 e. The molecule has 1 saturated heterocycles. The lowest BCUT2D eigenvalue weighted by molar-refractivity contribution is -0.908. The van der Waals surface area contributed by atoms with E-state index >= 15 is 0 Å². The van der Waals surface area contributed by atoms with Gasteiger partial charge in [-0.15, -0.1) is 6.58 Å². The summed E-state index contributed by atoms with van der Waals surface area (Å²) in [4.78, 5) is 1.51. The third-order valence-electron chi connectivity index (χ3n) is 4.10. The minimum atomic E-state index is -0.393. The lowest BCUT2D eigenvalue weighted by Crippen LogP contribution is -3.14. The van der Waals surface area contributed by atoms with Crippen molar-refractivity contribution < 1.29 is 14.7 Å². The molecule has 1 aromatic carbocycles. The highest BCUT2D eigenvalue weighted by atomic mass is 16.5. The molecule has 2 N–H and O–H groups in total. The molecular weight excluding hydrogens is 262 g/mol. The van der Waals surface area contributed by atoms with Crippen LogP contribution in [0.25, 0.3) is 0 Å². The quantitative estimate of drug-likeness (QED) is 0.747. The van der Waals surface area contributed by atoms with Gasteiger partial charge in [-0.2, -0.15) is 0 Å². The van der Waals surface area contributed by atoms with Gasteiger partial charge in [-0.25, -0.2) is 0 Å². The van der Waals surface area contributed by atoms with Crippen LogP contribution in [0, 0.1) is 6.92 Å². The van der Waals surface area contributed by atoms with Crippen LogP contribution in [0.4, 0.5) is 0 Å². The zero-order valence-corrected chi connectivity index (χ0v) is 13.1.